The minimum Gasteiger partial charge on any atom is -0.306 e. The Morgan fingerprint density at radius 3 is 2.67 bits per heavy atom. The number of aromatic nitrogens is 3. The molecule has 0 atom stereocenters. The normalized spacial score (nSPS) is 10.8. The van der Waals surface area contributed by atoms with Gasteiger partial charge in [-0.2, -0.15) is 9.61 Å². The number of carbonyl (C=O) groups is 1. The summed E-state index contributed by atoms with van der Waals surface area (Å²) in [5.74, 6) is -2.45. The Balaban J connectivity index is 2.00. The summed E-state index contributed by atoms with van der Waals surface area (Å²) < 4.78 is 28.6. The summed E-state index contributed by atoms with van der Waals surface area (Å²) in [5, 5.41) is 6.59. The van der Waals surface area contributed by atoms with Gasteiger partial charge in [0.2, 0.25) is 0 Å². The Morgan fingerprint density at radius 2 is 1.95 bits per heavy atom. The maximum atomic E-state index is 13.6. The number of amides is 1. The van der Waals surface area contributed by atoms with Crippen molar-refractivity contribution in [3.8, 4) is 0 Å². The SMILES string of the molecule is Cc1cc2nccc(NC(=O)c3c(F)cccc3F)n2n1. The first kappa shape index (κ1) is 13.2. The molecule has 0 fully saturated rings. The smallest absolute Gasteiger partial charge is 0.262 e. The Kier molecular flexibility index (Phi) is 3.09. The van der Waals surface area contributed by atoms with Crippen LogP contribution in [-0.4, -0.2) is 20.5 Å². The van der Waals surface area contributed by atoms with Gasteiger partial charge < -0.3 is 5.32 Å². The van der Waals surface area contributed by atoms with Gasteiger partial charge in [-0.05, 0) is 25.1 Å². The largest absolute Gasteiger partial charge is 0.306 e. The van der Waals surface area contributed by atoms with Gasteiger partial charge in [-0.15, -0.1) is 0 Å². The lowest BCUT2D eigenvalue weighted by Gasteiger charge is -2.08. The highest BCUT2D eigenvalue weighted by Gasteiger charge is 2.18. The van der Waals surface area contributed by atoms with Crippen LogP contribution in [0.2, 0.25) is 0 Å². The first-order valence-electron chi connectivity index (χ1n) is 6.13. The summed E-state index contributed by atoms with van der Waals surface area (Å²) in [6.45, 7) is 1.77. The van der Waals surface area contributed by atoms with Crippen molar-refractivity contribution in [1.82, 2.24) is 14.6 Å². The van der Waals surface area contributed by atoms with Crippen molar-refractivity contribution in [2.24, 2.45) is 0 Å². The van der Waals surface area contributed by atoms with Gasteiger partial charge in [0.25, 0.3) is 5.91 Å². The molecule has 0 saturated heterocycles. The van der Waals surface area contributed by atoms with Crippen LogP contribution >= 0.6 is 0 Å². The second-order valence-corrected chi connectivity index (χ2v) is 4.44. The molecule has 5 nitrogen and oxygen atoms in total. The first-order valence-corrected chi connectivity index (χ1v) is 6.13. The van der Waals surface area contributed by atoms with E-state index in [1.165, 1.54) is 22.8 Å². The number of carbonyl (C=O) groups excluding carboxylic acids is 1. The number of halogens is 2. The molecule has 1 N–H and O–H groups in total. The van der Waals surface area contributed by atoms with E-state index in [-0.39, 0.29) is 5.82 Å². The highest BCUT2D eigenvalue weighted by atomic mass is 19.1. The molecule has 0 aliphatic rings. The van der Waals surface area contributed by atoms with Crippen LogP contribution in [0.4, 0.5) is 14.6 Å². The van der Waals surface area contributed by atoms with E-state index in [1.807, 2.05) is 0 Å². The van der Waals surface area contributed by atoms with E-state index in [1.54, 1.807) is 13.0 Å². The van der Waals surface area contributed by atoms with Crippen LogP contribution in [0, 0.1) is 18.6 Å². The van der Waals surface area contributed by atoms with Gasteiger partial charge in [-0.25, -0.2) is 13.8 Å². The topological polar surface area (TPSA) is 59.3 Å². The molecule has 3 aromatic rings. The standard InChI is InChI=1S/C14H10F2N4O/c1-8-7-12-17-6-5-11(20(12)19-8)18-14(21)13-9(15)3-2-4-10(13)16/h2-7H,1H3,(H,18,21). The van der Waals surface area contributed by atoms with Crippen LogP contribution in [0.25, 0.3) is 5.65 Å². The van der Waals surface area contributed by atoms with Crippen molar-refractivity contribution < 1.29 is 13.6 Å². The fourth-order valence-electron chi connectivity index (χ4n) is 2.00. The molecule has 0 spiro atoms. The van der Waals surface area contributed by atoms with Crippen LogP contribution in [0.5, 0.6) is 0 Å². The molecule has 0 aliphatic heterocycles. The third-order valence-electron chi connectivity index (χ3n) is 2.91. The lowest BCUT2D eigenvalue weighted by molar-refractivity contribution is 0.101. The van der Waals surface area contributed by atoms with E-state index < -0.39 is 23.1 Å². The number of hydrogen-bond acceptors (Lipinski definition) is 3. The van der Waals surface area contributed by atoms with Crippen molar-refractivity contribution in [3.05, 3.63) is 59.4 Å². The molecule has 2 heterocycles. The fraction of sp³-hybridized carbons (Fsp3) is 0.0714. The van der Waals surface area contributed by atoms with Gasteiger partial charge in [0.1, 0.15) is 23.0 Å². The summed E-state index contributed by atoms with van der Waals surface area (Å²) in [6.07, 6.45) is 1.48. The predicted octanol–water partition coefficient (Wildman–Crippen LogP) is 2.57. The molecule has 106 valence electrons. The molecule has 1 amide bonds. The van der Waals surface area contributed by atoms with E-state index in [9.17, 15) is 13.6 Å². The minimum atomic E-state index is -0.922. The van der Waals surface area contributed by atoms with Crippen LogP contribution in [0.15, 0.2) is 36.5 Å². The Bertz CT molecular complexity index is 824. The summed E-state index contributed by atoms with van der Waals surface area (Å²) in [5.41, 5.74) is 0.604. The van der Waals surface area contributed by atoms with E-state index in [2.05, 4.69) is 15.4 Å². The molecule has 0 aliphatic carbocycles. The lowest BCUT2D eigenvalue weighted by Crippen LogP contribution is -2.18. The van der Waals surface area contributed by atoms with Gasteiger partial charge in [-0.1, -0.05) is 6.07 Å². The van der Waals surface area contributed by atoms with Gasteiger partial charge in [0, 0.05) is 12.3 Å². The zero-order chi connectivity index (χ0) is 15.0. The molecule has 0 bridgehead atoms. The van der Waals surface area contributed by atoms with Gasteiger partial charge >= 0.3 is 0 Å². The second-order valence-electron chi connectivity index (χ2n) is 4.44. The maximum Gasteiger partial charge on any atom is 0.262 e. The zero-order valence-electron chi connectivity index (χ0n) is 11.0. The summed E-state index contributed by atoms with van der Waals surface area (Å²) in [7, 11) is 0. The number of rotatable bonds is 2. The molecule has 0 radical (unpaired) electrons. The number of hydrogen-bond donors (Lipinski definition) is 1. The van der Waals surface area contributed by atoms with Crippen LogP contribution < -0.4 is 5.32 Å². The molecule has 1 aromatic carbocycles. The Morgan fingerprint density at radius 1 is 1.24 bits per heavy atom. The van der Waals surface area contributed by atoms with E-state index in [0.717, 1.165) is 12.1 Å². The first-order chi connectivity index (χ1) is 10.1. The lowest BCUT2D eigenvalue weighted by atomic mass is 10.2. The van der Waals surface area contributed by atoms with Crippen LogP contribution in [-0.2, 0) is 0 Å². The fourth-order valence-corrected chi connectivity index (χ4v) is 2.00. The molecule has 2 aromatic heterocycles. The summed E-state index contributed by atoms with van der Waals surface area (Å²) >= 11 is 0. The van der Waals surface area contributed by atoms with Crippen molar-refractivity contribution in [2.45, 2.75) is 6.92 Å². The molecular formula is C14H10F2N4O. The van der Waals surface area contributed by atoms with E-state index in [4.69, 9.17) is 0 Å². The third-order valence-corrected chi connectivity index (χ3v) is 2.91. The number of anilines is 1. The van der Waals surface area contributed by atoms with Crippen molar-refractivity contribution in [1.29, 1.82) is 0 Å². The van der Waals surface area contributed by atoms with Crippen molar-refractivity contribution >= 4 is 17.4 Å². The zero-order valence-corrected chi connectivity index (χ0v) is 11.0. The van der Waals surface area contributed by atoms with Crippen LogP contribution in [0.3, 0.4) is 0 Å². The Hall–Kier alpha value is -2.83. The van der Waals surface area contributed by atoms with E-state index in [0.29, 0.717) is 11.3 Å². The predicted molar refractivity (Wildman–Crippen MR) is 72.0 cm³/mol. The average Bonchev–Trinajstić information content (AvgIpc) is 2.80. The second kappa shape index (κ2) is 4.93. The average molecular weight is 288 g/mol. The number of aryl methyl sites for hydroxylation is 1. The summed E-state index contributed by atoms with van der Waals surface area (Å²) in [4.78, 5) is 16.1. The van der Waals surface area contributed by atoms with E-state index >= 15 is 0 Å². The van der Waals surface area contributed by atoms with Gasteiger partial charge in [0.05, 0.1) is 5.69 Å². The van der Waals surface area contributed by atoms with Gasteiger partial charge in [0.15, 0.2) is 5.65 Å². The minimum absolute atomic E-state index is 0.278. The number of nitrogens with one attached hydrogen (secondary N) is 1. The van der Waals surface area contributed by atoms with Crippen molar-refractivity contribution in [3.63, 3.8) is 0 Å². The molecule has 3 rings (SSSR count). The molecule has 0 saturated carbocycles. The molecule has 0 unspecified atom stereocenters. The Labute approximate surface area is 118 Å². The molecule has 7 heteroatoms. The van der Waals surface area contributed by atoms with Crippen LogP contribution in [0.1, 0.15) is 16.1 Å². The third kappa shape index (κ3) is 2.33. The highest BCUT2D eigenvalue weighted by Crippen LogP contribution is 2.16. The highest BCUT2D eigenvalue weighted by molar-refractivity contribution is 6.04. The van der Waals surface area contributed by atoms with Crippen molar-refractivity contribution in [2.75, 3.05) is 5.32 Å². The molecule has 21 heavy (non-hydrogen) atoms. The number of benzene rings is 1. The monoisotopic (exact) mass is 288 g/mol. The quantitative estimate of drug-likeness (QED) is 0.788. The maximum absolute atomic E-state index is 13.6. The molecular weight excluding hydrogens is 278 g/mol. The number of fused-ring (bicyclic) bond motifs is 1. The number of nitrogens with zero attached hydrogens (tertiary/aromatic N) is 3. The summed E-state index contributed by atoms with van der Waals surface area (Å²) in [6, 6.07) is 6.47. The van der Waals surface area contributed by atoms with Gasteiger partial charge in [-0.3, -0.25) is 4.79 Å².